The van der Waals surface area contributed by atoms with E-state index >= 15 is 0 Å². The van der Waals surface area contributed by atoms with E-state index in [0.717, 1.165) is 5.39 Å². The average molecular weight is 563 g/mol. The molecular formula is C32H23FN4O5. The molecule has 10 heteroatoms. The summed E-state index contributed by atoms with van der Waals surface area (Å²) in [6, 6.07) is 26.7. The molecule has 1 amide bonds. The molecule has 9 nitrogen and oxygen atoms in total. The lowest BCUT2D eigenvalue weighted by Crippen LogP contribution is -2.20. The molecule has 208 valence electrons. The van der Waals surface area contributed by atoms with Crippen LogP contribution in [0.1, 0.15) is 5.56 Å². The maximum atomic E-state index is 13.5. The molecule has 0 unspecified atom stereocenters. The van der Waals surface area contributed by atoms with E-state index in [2.05, 4.69) is 10.4 Å². The monoisotopic (exact) mass is 562 g/mol. The van der Waals surface area contributed by atoms with Crippen molar-refractivity contribution in [2.24, 2.45) is 5.10 Å². The predicted octanol–water partition coefficient (Wildman–Crippen LogP) is 5.86. The number of ether oxygens (including phenoxy) is 2. The molecule has 6 rings (SSSR count). The molecule has 0 saturated carbocycles. The zero-order chi connectivity index (χ0) is 29.1. The van der Waals surface area contributed by atoms with Gasteiger partial charge in [0.05, 0.1) is 29.6 Å². The molecular weight excluding hydrogens is 539 g/mol. The van der Waals surface area contributed by atoms with Crippen LogP contribution in [0.15, 0.2) is 111 Å². The molecule has 0 saturated heterocycles. The number of furan rings is 1. The van der Waals surface area contributed by atoms with Crippen molar-refractivity contribution in [1.29, 1.82) is 0 Å². The highest BCUT2D eigenvalue weighted by atomic mass is 19.1. The van der Waals surface area contributed by atoms with Crippen LogP contribution in [0.4, 0.5) is 10.1 Å². The molecule has 0 fully saturated rings. The summed E-state index contributed by atoms with van der Waals surface area (Å²) >= 11 is 0. The number of nitrogens with one attached hydrogen (secondary N) is 1. The maximum absolute atomic E-state index is 13.5. The Balaban J connectivity index is 1.30. The van der Waals surface area contributed by atoms with Crippen molar-refractivity contribution in [2.75, 3.05) is 19.0 Å². The van der Waals surface area contributed by atoms with Gasteiger partial charge in [-0.2, -0.15) is 9.78 Å². The van der Waals surface area contributed by atoms with Crippen LogP contribution in [0.5, 0.6) is 11.5 Å². The molecule has 2 heterocycles. The van der Waals surface area contributed by atoms with Crippen LogP contribution in [0, 0.1) is 5.82 Å². The summed E-state index contributed by atoms with van der Waals surface area (Å²) in [5.74, 6) is 0.694. The van der Waals surface area contributed by atoms with Gasteiger partial charge in [-0.15, -0.1) is 0 Å². The topological polar surface area (TPSA) is 108 Å². The van der Waals surface area contributed by atoms with Gasteiger partial charge in [0.25, 0.3) is 11.5 Å². The predicted molar refractivity (Wildman–Crippen MR) is 158 cm³/mol. The summed E-state index contributed by atoms with van der Waals surface area (Å²) in [4.78, 5) is 30.5. The fourth-order valence-corrected chi connectivity index (χ4v) is 4.43. The minimum Gasteiger partial charge on any atom is -0.496 e. The molecule has 0 atom stereocenters. The van der Waals surface area contributed by atoms with Gasteiger partial charge in [0.2, 0.25) is 5.82 Å². The lowest BCUT2D eigenvalue weighted by Gasteiger charge is -2.09. The fourth-order valence-electron chi connectivity index (χ4n) is 4.43. The number of para-hydroxylation sites is 1. The Morgan fingerprint density at radius 3 is 2.69 bits per heavy atom. The second-order valence-corrected chi connectivity index (χ2v) is 9.22. The van der Waals surface area contributed by atoms with Crippen LogP contribution >= 0.6 is 0 Å². The lowest BCUT2D eigenvalue weighted by molar-refractivity contribution is -0.118. The Bertz CT molecular complexity index is 2030. The van der Waals surface area contributed by atoms with Gasteiger partial charge in [-0.1, -0.05) is 36.4 Å². The van der Waals surface area contributed by atoms with Crippen LogP contribution in [0.2, 0.25) is 0 Å². The molecule has 2 aromatic heterocycles. The number of rotatable bonds is 8. The van der Waals surface area contributed by atoms with Gasteiger partial charge in [-0.05, 0) is 66.2 Å². The highest BCUT2D eigenvalue weighted by Crippen LogP contribution is 2.32. The minimum atomic E-state index is -0.454. The molecule has 0 spiro atoms. The van der Waals surface area contributed by atoms with E-state index in [1.807, 2.05) is 12.1 Å². The van der Waals surface area contributed by atoms with Crippen LogP contribution in [-0.4, -0.2) is 35.5 Å². The standard InChI is InChI=1S/C32H23FN4O5/c1-40-27-13-6-14-28-25(27)17-29(42-28)31-36-26-12-3-2-11-24(26)32(39)37(31)34-18-20-7-4-10-23(15-20)41-19-30(38)35-22-9-5-8-21(33)16-22/h2-18H,19H2,1H3,(H,35,38). The Morgan fingerprint density at radius 1 is 1.00 bits per heavy atom. The highest BCUT2D eigenvalue weighted by Gasteiger charge is 2.18. The fraction of sp³-hybridized carbons (Fsp3) is 0.0625. The van der Waals surface area contributed by atoms with E-state index in [1.165, 1.54) is 29.1 Å². The Labute approximate surface area is 238 Å². The van der Waals surface area contributed by atoms with Crippen molar-refractivity contribution < 1.29 is 23.1 Å². The number of hydrogen-bond acceptors (Lipinski definition) is 7. The first-order valence-electron chi connectivity index (χ1n) is 12.9. The molecule has 6 aromatic rings. The van der Waals surface area contributed by atoms with Crippen molar-refractivity contribution >= 4 is 39.7 Å². The third-order valence-corrected chi connectivity index (χ3v) is 6.37. The van der Waals surface area contributed by atoms with Crippen molar-refractivity contribution in [1.82, 2.24) is 9.66 Å². The summed E-state index contributed by atoms with van der Waals surface area (Å²) in [5.41, 5.74) is 1.64. The highest BCUT2D eigenvalue weighted by molar-refractivity contribution is 5.92. The van der Waals surface area contributed by atoms with Gasteiger partial charge in [0.15, 0.2) is 12.4 Å². The number of carbonyl (C=O) groups excluding carboxylic acids is 1. The number of benzene rings is 4. The van der Waals surface area contributed by atoms with Gasteiger partial charge in [0, 0.05) is 5.69 Å². The number of methoxy groups -OCH3 is 1. The summed E-state index contributed by atoms with van der Waals surface area (Å²) in [5, 5.41) is 8.18. The van der Waals surface area contributed by atoms with Crippen molar-refractivity contribution in [3.8, 4) is 23.1 Å². The first-order valence-corrected chi connectivity index (χ1v) is 12.9. The maximum Gasteiger partial charge on any atom is 0.282 e. The quantitative estimate of drug-likeness (QED) is 0.233. The SMILES string of the molecule is COc1cccc2oc(-c3nc4ccccc4c(=O)n3N=Cc3cccc(OCC(=O)Nc4cccc(F)c4)c3)cc12. The van der Waals surface area contributed by atoms with Crippen LogP contribution < -0.4 is 20.3 Å². The largest absolute Gasteiger partial charge is 0.496 e. The number of carbonyl (C=O) groups is 1. The van der Waals surface area contributed by atoms with E-state index in [9.17, 15) is 14.0 Å². The number of anilines is 1. The van der Waals surface area contributed by atoms with Crippen LogP contribution in [0.3, 0.4) is 0 Å². The van der Waals surface area contributed by atoms with Gasteiger partial charge < -0.3 is 19.2 Å². The number of aromatic nitrogens is 2. The summed E-state index contributed by atoms with van der Waals surface area (Å²) in [7, 11) is 1.57. The molecule has 4 aromatic carbocycles. The second-order valence-electron chi connectivity index (χ2n) is 9.22. The Morgan fingerprint density at radius 2 is 1.83 bits per heavy atom. The van der Waals surface area contributed by atoms with Gasteiger partial charge in [0.1, 0.15) is 22.9 Å². The molecule has 0 aliphatic rings. The summed E-state index contributed by atoms with van der Waals surface area (Å²) in [6.45, 7) is -0.287. The Kier molecular flexibility index (Phi) is 7.17. The van der Waals surface area contributed by atoms with Gasteiger partial charge in [-0.25, -0.2) is 9.37 Å². The minimum absolute atomic E-state index is 0.217. The Hall–Kier alpha value is -5.77. The normalized spacial score (nSPS) is 11.3. The second kappa shape index (κ2) is 11.4. The number of fused-ring (bicyclic) bond motifs is 2. The average Bonchev–Trinajstić information content (AvgIpc) is 3.44. The molecule has 42 heavy (non-hydrogen) atoms. The molecule has 1 N–H and O–H groups in total. The molecule has 0 bridgehead atoms. The van der Waals surface area contributed by atoms with E-state index in [0.29, 0.717) is 45.0 Å². The first kappa shape index (κ1) is 26.5. The van der Waals surface area contributed by atoms with E-state index < -0.39 is 11.7 Å². The third kappa shape index (κ3) is 5.46. The van der Waals surface area contributed by atoms with Crippen molar-refractivity contribution in [3.63, 3.8) is 0 Å². The summed E-state index contributed by atoms with van der Waals surface area (Å²) < 4.78 is 31.7. The number of amides is 1. The van der Waals surface area contributed by atoms with E-state index in [4.69, 9.17) is 18.9 Å². The van der Waals surface area contributed by atoms with Crippen LogP contribution in [0.25, 0.3) is 33.5 Å². The van der Waals surface area contributed by atoms with E-state index in [-0.39, 0.29) is 18.0 Å². The zero-order valence-corrected chi connectivity index (χ0v) is 22.3. The van der Waals surface area contributed by atoms with Crippen molar-refractivity contribution in [3.05, 3.63) is 119 Å². The lowest BCUT2D eigenvalue weighted by atomic mass is 10.2. The zero-order valence-electron chi connectivity index (χ0n) is 22.3. The molecule has 0 aliphatic carbocycles. The first-order chi connectivity index (χ1) is 20.5. The molecule has 0 aliphatic heterocycles. The summed E-state index contributed by atoms with van der Waals surface area (Å²) in [6.07, 6.45) is 1.49. The van der Waals surface area contributed by atoms with E-state index in [1.54, 1.807) is 73.8 Å². The number of halogens is 1. The number of hydrogen-bond donors (Lipinski definition) is 1. The third-order valence-electron chi connectivity index (χ3n) is 6.37. The van der Waals surface area contributed by atoms with Gasteiger partial charge >= 0.3 is 0 Å². The number of nitrogens with zero attached hydrogens (tertiary/aromatic N) is 3. The smallest absolute Gasteiger partial charge is 0.282 e. The van der Waals surface area contributed by atoms with Crippen molar-refractivity contribution in [2.45, 2.75) is 0 Å². The molecule has 0 radical (unpaired) electrons. The van der Waals surface area contributed by atoms with Gasteiger partial charge in [-0.3, -0.25) is 9.59 Å². The van der Waals surface area contributed by atoms with Crippen LogP contribution in [-0.2, 0) is 4.79 Å².